The van der Waals surface area contributed by atoms with Gasteiger partial charge in [0.25, 0.3) is 0 Å². The molecule has 0 aromatic heterocycles. The first-order valence-corrected chi connectivity index (χ1v) is 5.91. The van der Waals surface area contributed by atoms with E-state index in [1.54, 1.807) is 13.2 Å². The second-order valence-corrected chi connectivity index (χ2v) is 4.20. The lowest BCUT2D eigenvalue weighted by atomic mass is 10.0. The highest BCUT2D eigenvalue weighted by Crippen LogP contribution is 2.23. The Bertz CT molecular complexity index is 471. The molecule has 0 bridgehead atoms. The lowest BCUT2D eigenvalue weighted by Gasteiger charge is -2.04. The molecule has 0 aliphatic heterocycles. The quantitative estimate of drug-likeness (QED) is 0.588. The van der Waals surface area contributed by atoms with Gasteiger partial charge in [-0.05, 0) is 37.1 Å². The Morgan fingerprint density at radius 1 is 1.39 bits per heavy atom. The normalized spacial score (nSPS) is 16.8. The maximum Gasteiger partial charge on any atom is 0.108 e. The van der Waals surface area contributed by atoms with Crippen molar-refractivity contribution >= 4 is 0 Å². The van der Waals surface area contributed by atoms with E-state index in [0.29, 0.717) is 0 Å². The van der Waals surface area contributed by atoms with Gasteiger partial charge in [-0.25, -0.2) is 0 Å². The van der Waals surface area contributed by atoms with Crippen molar-refractivity contribution in [3.63, 3.8) is 0 Å². The first-order valence-electron chi connectivity index (χ1n) is 5.91. The number of aliphatic hydroxyl groups is 1. The smallest absolute Gasteiger partial charge is 0.108 e. The SMILES string of the molecule is C=C(O)/C=C\C(=C/C)C1=CC=C(OC)CC(C)=C1. The molecule has 0 saturated heterocycles. The molecule has 0 atom stereocenters. The number of hydrogen-bond donors (Lipinski definition) is 1. The van der Waals surface area contributed by atoms with Gasteiger partial charge in [-0.3, -0.25) is 0 Å². The minimum absolute atomic E-state index is 0.0531. The fraction of sp³-hybridized carbons (Fsp3) is 0.250. The van der Waals surface area contributed by atoms with Gasteiger partial charge in [-0.15, -0.1) is 0 Å². The highest BCUT2D eigenvalue weighted by Gasteiger charge is 2.06. The van der Waals surface area contributed by atoms with E-state index in [4.69, 9.17) is 9.84 Å². The van der Waals surface area contributed by atoms with Crippen LogP contribution in [0.4, 0.5) is 0 Å². The maximum absolute atomic E-state index is 9.11. The van der Waals surface area contributed by atoms with Crippen LogP contribution in [0.15, 0.2) is 71.3 Å². The van der Waals surface area contributed by atoms with Crippen molar-refractivity contribution in [2.45, 2.75) is 20.3 Å². The van der Waals surface area contributed by atoms with Gasteiger partial charge in [0.15, 0.2) is 0 Å². The summed E-state index contributed by atoms with van der Waals surface area (Å²) in [5.41, 5.74) is 3.38. The van der Waals surface area contributed by atoms with Crippen molar-refractivity contribution in [3.8, 4) is 0 Å². The van der Waals surface area contributed by atoms with Crippen molar-refractivity contribution in [1.82, 2.24) is 0 Å². The number of methoxy groups -OCH3 is 1. The minimum Gasteiger partial charge on any atom is -0.509 e. The van der Waals surface area contributed by atoms with Gasteiger partial charge in [0.1, 0.15) is 5.76 Å². The molecule has 2 nitrogen and oxygen atoms in total. The van der Waals surface area contributed by atoms with E-state index in [0.717, 1.165) is 23.3 Å². The third-order valence-electron chi connectivity index (χ3n) is 2.67. The molecule has 0 radical (unpaired) electrons. The van der Waals surface area contributed by atoms with E-state index in [2.05, 4.69) is 19.6 Å². The molecule has 0 aromatic carbocycles. The molecule has 0 unspecified atom stereocenters. The zero-order chi connectivity index (χ0) is 13.5. The second-order valence-electron chi connectivity index (χ2n) is 4.20. The average molecular weight is 244 g/mol. The van der Waals surface area contributed by atoms with Crippen LogP contribution in [0.5, 0.6) is 0 Å². The van der Waals surface area contributed by atoms with Crippen LogP contribution in [-0.4, -0.2) is 12.2 Å². The molecular weight excluding hydrogens is 224 g/mol. The van der Waals surface area contributed by atoms with Crippen molar-refractivity contribution in [2.24, 2.45) is 0 Å². The number of rotatable bonds is 4. The Kier molecular flexibility index (Phi) is 5.25. The van der Waals surface area contributed by atoms with Crippen molar-refractivity contribution in [1.29, 1.82) is 0 Å². The summed E-state index contributed by atoms with van der Waals surface area (Å²) < 4.78 is 5.29. The van der Waals surface area contributed by atoms with Gasteiger partial charge in [0, 0.05) is 6.42 Å². The topological polar surface area (TPSA) is 29.5 Å². The summed E-state index contributed by atoms with van der Waals surface area (Å²) >= 11 is 0. The Morgan fingerprint density at radius 3 is 2.67 bits per heavy atom. The summed E-state index contributed by atoms with van der Waals surface area (Å²) in [4.78, 5) is 0. The third kappa shape index (κ3) is 4.13. The average Bonchev–Trinajstić information content (AvgIpc) is 2.51. The molecule has 0 saturated carbocycles. The largest absolute Gasteiger partial charge is 0.509 e. The van der Waals surface area contributed by atoms with E-state index in [1.165, 1.54) is 5.57 Å². The van der Waals surface area contributed by atoms with Gasteiger partial charge < -0.3 is 9.84 Å². The monoisotopic (exact) mass is 244 g/mol. The number of aliphatic hydroxyl groups excluding tert-OH is 1. The zero-order valence-corrected chi connectivity index (χ0v) is 11.2. The molecule has 0 heterocycles. The van der Waals surface area contributed by atoms with E-state index in [-0.39, 0.29) is 5.76 Å². The molecule has 1 aliphatic carbocycles. The van der Waals surface area contributed by atoms with Crippen molar-refractivity contribution < 1.29 is 9.84 Å². The molecule has 0 aromatic rings. The molecule has 18 heavy (non-hydrogen) atoms. The van der Waals surface area contributed by atoms with Crippen LogP contribution in [0, 0.1) is 0 Å². The van der Waals surface area contributed by atoms with Gasteiger partial charge in [0.05, 0.1) is 12.9 Å². The van der Waals surface area contributed by atoms with Crippen LogP contribution >= 0.6 is 0 Å². The summed E-state index contributed by atoms with van der Waals surface area (Å²) in [6.45, 7) is 7.49. The van der Waals surface area contributed by atoms with Crippen LogP contribution in [0.3, 0.4) is 0 Å². The third-order valence-corrected chi connectivity index (χ3v) is 2.67. The van der Waals surface area contributed by atoms with Gasteiger partial charge in [-0.1, -0.05) is 36.5 Å². The molecular formula is C16H20O2. The zero-order valence-electron chi connectivity index (χ0n) is 11.2. The minimum atomic E-state index is 0.0531. The lowest BCUT2D eigenvalue weighted by Crippen LogP contribution is -1.86. The molecule has 1 rings (SSSR count). The first kappa shape index (κ1) is 14.1. The summed E-state index contributed by atoms with van der Waals surface area (Å²) in [6, 6.07) is 0. The predicted molar refractivity (Wildman–Crippen MR) is 76.2 cm³/mol. The Labute approximate surface area is 109 Å². The molecule has 0 spiro atoms. The van der Waals surface area contributed by atoms with Crippen LogP contribution in [0.1, 0.15) is 20.3 Å². The van der Waals surface area contributed by atoms with Crippen LogP contribution in [0.2, 0.25) is 0 Å². The molecule has 2 heteroatoms. The van der Waals surface area contributed by atoms with Crippen LogP contribution in [0.25, 0.3) is 0 Å². The summed E-state index contributed by atoms with van der Waals surface area (Å²) in [5, 5.41) is 9.11. The molecule has 0 amide bonds. The van der Waals surface area contributed by atoms with Gasteiger partial charge >= 0.3 is 0 Å². The predicted octanol–water partition coefficient (Wildman–Crippen LogP) is 4.37. The Balaban J connectivity index is 3.06. The molecule has 1 N–H and O–H groups in total. The molecule has 0 fully saturated rings. The highest BCUT2D eigenvalue weighted by atomic mass is 16.5. The molecule has 96 valence electrons. The highest BCUT2D eigenvalue weighted by molar-refractivity contribution is 5.51. The number of ether oxygens (including phenoxy) is 1. The summed E-state index contributed by atoms with van der Waals surface area (Å²) in [6.07, 6.45) is 12.4. The first-order chi connectivity index (χ1) is 8.56. The fourth-order valence-electron chi connectivity index (χ4n) is 1.75. The van der Waals surface area contributed by atoms with E-state index < -0.39 is 0 Å². The lowest BCUT2D eigenvalue weighted by molar-refractivity contribution is 0.283. The van der Waals surface area contributed by atoms with Crippen molar-refractivity contribution in [3.05, 3.63) is 71.3 Å². The Morgan fingerprint density at radius 2 is 2.11 bits per heavy atom. The van der Waals surface area contributed by atoms with E-state index >= 15 is 0 Å². The number of allylic oxidation sites excluding steroid dienone is 9. The van der Waals surface area contributed by atoms with Gasteiger partial charge in [0.2, 0.25) is 0 Å². The van der Waals surface area contributed by atoms with E-state index in [1.807, 2.05) is 31.2 Å². The van der Waals surface area contributed by atoms with Crippen molar-refractivity contribution in [2.75, 3.05) is 7.11 Å². The van der Waals surface area contributed by atoms with Crippen LogP contribution < -0.4 is 0 Å². The van der Waals surface area contributed by atoms with E-state index in [9.17, 15) is 0 Å². The fourth-order valence-corrected chi connectivity index (χ4v) is 1.75. The molecule has 1 aliphatic rings. The summed E-state index contributed by atoms with van der Waals surface area (Å²) in [5.74, 6) is 1.00. The summed E-state index contributed by atoms with van der Waals surface area (Å²) in [7, 11) is 1.68. The maximum atomic E-state index is 9.11. The standard InChI is InChI=1S/C16H20O2/c1-5-14(7-6-13(3)17)15-8-9-16(18-4)11-12(2)10-15/h5-10,17H,3,11H2,1-2,4H3/b7-6-,14-5+. The Hall–Kier alpha value is -1.96. The second kappa shape index (κ2) is 6.70. The van der Waals surface area contributed by atoms with Gasteiger partial charge in [-0.2, -0.15) is 0 Å². The van der Waals surface area contributed by atoms with Crippen LogP contribution in [-0.2, 0) is 4.74 Å². The number of hydrogen-bond acceptors (Lipinski definition) is 2.